The number of aliphatic carboxylic acids is 1. The van der Waals surface area contributed by atoms with Gasteiger partial charge in [0.1, 0.15) is 0 Å². The quantitative estimate of drug-likeness (QED) is 0.776. The van der Waals surface area contributed by atoms with Crippen LogP contribution in [0.4, 0.5) is 0 Å². The molecule has 0 atom stereocenters. The van der Waals surface area contributed by atoms with Gasteiger partial charge in [-0.3, -0.25) is 4.79 Å². The lowest BCUT2D eigenvalue weighted by Gasteiger charge is -2.32. The molecule has 0 spiro atoms. The molecule has 112 valence electrons. The van der Waals surface area contributed by atoms with E-state index in [2.05, 4.69) is 22.4 Å². The summed E-state index contributed by atoms with van der Waals surface area (Å²) in [5.74, 6) is 0.122. The summed E-state index contributed by atoms with van der Waals surface area (Å²) in [6, 6.07) is 0. The molecule has 0 aromatic carbocycles. The number of aromatic nitrogens is 4. The molecule has 1 heterocycles. The zero-order valence-corrected chi connectivity index (χ0v) is 12.2. The minimum absolute atomic E-state index is 0.413. The summed E-state index contributed by atoms with van der Waals surface area (Å²) < 4.78 is 1.72. The van der Waals surface area contributed by atoms with Gasteiger partial charge in [0.25, 0.3) is 0 Å². The summed E-state index contributed by atoms with van der Waals surface area (Å²) in [5, 5.41) is 21.4. The number of carbonyl (C=O) groups is 1. The molecule has 0 radical (unpaired) electrons. The minimum atomic E-state index is -0.702. The Morgan fingerprint density at radius 2 is 2.05 bits per heavy atom. The second kappa shape index (κ2) is 6.81. The molecule has 1 saturated carbocycles. The van der Waals surface area contributed by atoms with Crippen LogP contribution in [0.2, 0.25) is 0 Å². The predicted molar refractivity (Wildman–Crippen MR) is 74.2 cm³/mol. The monoisotopic (exact) mass is 280 g/mol. The van der Waals surface area contributed by atoms with Crippen molar-refractivity contribution in [2.24, 2.45) is 5.41 Å². The van der Waals surface area contributed by atoms with Gasteiger partial charge in [0, 0.05) is 6.42 Å². The Morgan fingerprint density at radius 1 is 1.30 bits per heavy atom. The Labute approximate surface area is 119 Å². The van der Waals surface area contributed by atoms with Gasteiger partial charge in [-0.2, -0.15) is 0 Å². The highest BCUT2D eigenvalue weighted by Crippen LogP contribution is 2.38. The predicted octanol–water partition coefficient (Wildman–Crippen LogP) is 2.44. The van der Waals surface area contributed by atoms with Crippen molar-refractivity contribution in [1.82, 2.24) is 20.2 Å². The van der Waals surface area contributed by atoms with E-state index in [1.165, 1.54) is 0 Å². The van der Waals surface area contributed by atoms with Crippen LogP contribution < -0.4 is 0 Å². The molecular formula is C14H24N4O2. The summed E-state index contributed by atoms with van der Waals surface area (Å²) in [6.45, 7) is 2.57. The molecule has 20 heavy (non-hydrogen) atoms. The summed E-state index contributed by atoms with van der Waals surface area (Å²) in [5.41, 5.74) is -0.673. The number of carboxylic acid groups (broad SMARTS) is 1. The zero-order chi connectivity index (χ0) is 14.4. The smallest absolute Gasteiger partial charge is 0.311 e. The van der Waals surface area contributed by atoms with Gasteiger partial charge in [0.2, 0.25) is 0 Å². The highest BCUT2D eigenvalue weighted by molar-refractivity contribution is 5.74. The van der Waals surface area contributed by atoms with Crippen LogP contribution in [0.5, 0.6) is 0 Å². The highest BCUT2D eigenvalue weighted by atomic mass is 16.4. The number of hydrogen-bond acceptors (Lipinski definition) is 4. The van der Waals surface area contributed by atoms with Crippen LogP contribution in [0, 0.1) is 5.41 Å². The van der Waals surface area contributed by atoms with Gasteiger partial charge in [0.05, 0.1) is 12.0 Å². The topological polar surface area (TPSA) is 80.9 Å². The lowest BCUT2D eigenvalue weighted by Crippen LogP contribution is -2.38. The Bertz CT molecular complexity index is 438. The second-order valence-electron chi connectivity index (χ2n) is 5.86. The first kappa shape index (κ1) is 14.9. The van der Waals surface area contributed by atoms with Crippen LogP contribution in [0.3, 0.4) is 0 Å². The lowest BCUT2D eigenvalue weighted by molar-refractivity contribution is -0.152. The molecule has 1 aromatic rings. The van der Waals surface area contributed by atoms with Gasteiger partial charge in [-0.05, 0) is 29.7 Å². The molecule has 6 heteroatoms. The van der Waals surface area contributed by atoms with Gasteiger partial charge in [0.15, 0.2) is 5.82 Å². The first-order valence-electron chi connectivity index (χ1n) is 7.66. The Kier molecular flexibility index (Phi) is 5.09. The van der Waals surface area contributed by atoms with Gasteiger partial charge >= 0.3 is 5.97 Å². The molecule has 1 N–H and O–H groups in total. The zero-order valence-electron chi connectivity index (χ0n) is 12.2. The van der Waals surface area contributed by atoms with Crippen LogP contribution in [0.25, 0.3) is 0 Å². The normalized spacial score (nSPS) is 18.1. The van der Waals surface area contributed by atoms with Crippen molar-refractivity contribution in [1.29, 1.82) is 0 Å². The number of hydrogen-bond donors (Lipinski definition) is 1. The van der Waals surface area contributed by atoms with Crippen molar-refractivity contribution in [3.05, 3.63) is 5.82 Å². The van der Waals surface area contributed by atoms with Crippen molar-refractivity contribution in [2.45, 2.75) is 71.3 Å². The van der Waals surface area contributed by atoms with Crippen LogP contribution in [-0.2, 0) is 17.8 Å². The van der Waals surface area contributed by atoms with Crippen LogP contribution in [0.1, 0.15) is 64.1 Å². The van der Waals surface area contributed by atoms with Crippen molar-refractivity contribution in [2.75, 3.05) is 0 Å². The second-order valence-corrected chi connectivity index (χ2v) is 5.86. The first-order valence-corrected chi connectivity index (χ1v) is 7.66. The third-order valence-corrected chi connectivity index (χ3v) is 4.33. The van der Waals surface area contributed by atoms with Crippen LogP contribution in [0.15, 0.2) is 0 Å². The van der Waals surface area contributed by atoms with E-state index in [0.29, 0.717) is 6.54 Å². The summed E-state index contributed by atoms with van der Waals surface area (Å²) >= 11 is 0. The minimum Gasteiger partial charge on any atom is -0.481 e. The van der Waals surface area contributed by atoms with Gasteiger partial charge in [-0.25, -0.2) is 4.68 Å². The Morgan fingerprint density at radius 3 is 2.70 bits per heavy atom. The molecule has 6 nitrogen and oxygen atoms in total. The fourth-order valence-electron chi connectivity index (χ4n) is 3.01. The number of carboxylic acids is 1. The van der Waals surface area contributed by atoms with Crippen molar-refractivity contribution in [3.8, 4) is 0 Å². The third-order valence-electron chi connectivity index (χ3n) is 4.33. The molecule has 0 bridgehead atoms. The summed E-state index contributed by atoms with van der Waals surface area (Å²) in [7, 11) is 0. The van der Waals surface area contributed by atoms with E-state index in [0.717, 1.165) is 63.6 Å². The fraction of sp³-hybridized carbons (Fsp3) is 0.857. The number of unbranched alkanes of at least 4 members (excludes halogenated alkanes) is 2. The average molecular weight is 280 g/mol. The Balaban J connectivity index is 2.07. The molecule has 0 amide bonds. The third kappa shape index (κ3) is 3.35. The Hall–Kier alpha value is -1.46. The van der Waals surface area contributed by atoms with E-state index < -0.39 is 11.4 Å². The molecule has 0 unspecified atom stereocenters. The van der Waals surface area contributed by atoms with E-state index in [9.17, 15) is 9.90 Å². The number of aryl methyl sites for hydroxylation is 1. The average Bonchev–Trinajstić information content (AvgIpc) is 2.87. The standard InChI is InChI=1S/C14H24N4O2/c1-2-3-5-8-12-15-16-17-18(12)11-14(13(19)20)9-6-4-7-10-14/h2-11H2,1H3,(H,19,20). The van der Waals surface area contributed by atoms with E-state index in [1.54, 1.807) is 4.68 Å². The van der Waals surface area contributed by atoms with Crippen molar-refractivity contribution >= 4 is 5.97 Å². The maximum absolute atomic E-state index is 11.7. The molecule has 1 aliphatic rings. The molecular weight excluding hydrogens is 256 g/mol. The van der Waals surface area contributed by atoms with E-state index >= 15 is 0 Å². The fourth-order valence-corrected chi connectivity index (χ4v) is 3.01. The van der Waals surface area contributed by atoms with E-state index in [1.807, 2.05) is 0 Å². The summed E-state index contributed by atoms with van der Waals surface area (Å²) in [6.07, 6.45) is 8.76. The maximum atomic E-state index is 11.7. The van der Waals surface area contributed by atoms with E-state index in [4.69, 9.17) is 0 Å². The van der Waals surface area contributed by atoms with Gasteiger partial charge < -0.3 is 5.11 Å². The molecule has 2 rings (SSSR count). The van der Waals surface area contributed by atoms with Crippen LogP contribution >= 0.6 is 0 Å². The number of nitrogens with zero attached hydrogens (tertiary/aromatic N) is 4. The molecule has 1 fully saturated rings. The van der Waals surface area contributed by atoms with E-state index in [-0.39, 0.29) is 0 Å². The molecule has 1 aromatic heterocycles. The number of tetrazole rings is 1. The van der Waals surface area contributed by atoms with Gasteiger partial charge in [-0.1, -0.05) is 39.0 Å². The van der Waals surface area contributed by atoms with Crippen molar-refractivity contribution < 1.29 is 9.90 Å². The lowest BCUT2D eigenvalue weighted by atomic mass is 9.74. The highest BCUT2D eigenvalue weighted by Gasteiger charge is 2.40. The molecule has 1 aliphatic carbocycles. The SMILES string of the molecule is CCCCCc1nnnn1CC1(C(=O)O)CCCCC1. The molecule has 0 aliphatic heterocycles. The maximum Gasteiger partial charge on any atom is 0.311 e. The van der Waals surface area contributed by atoms with Gasteiger partial charge in [-0.15, -0.1) is 5.10 Å². The number of rotatable bonds is 7. The molecule has 0 saturated heterocycles. The van der Waals surface area contributed by atoms with Crippen molar-refractivity contribution in [3.63, 3.8) is 0 Å². The first-order chi connectivity index (χ1) is 9.68. The summed E-state index contributed by atoms with van der Waals surface area (Å²) in [4.78, 5) is 11.7. The largest absolute Gasteiger partial charge is 0.481 e. The van der Waals surface area contributed by atoms with Crippen LogP contribution in [-0.4, -0.2) is 31.3 Å².